The summed E-state index contributed by atoms with van der Waals surface area (Å²) in [5, 5.41) is 2.57. The molecule has 2 rings (SSSR count). The van der Waals surface area contributed by atoms with E-state index in [0.717, 1.165) is 11.1 Å². The number of rotatable bonds is 8. The van der Waals surface area contributed by atoms with Gasteiger partial charge in [0.15, 0.2) is 0 Å². The van der Waals surface area contributed by atoms with Crippen molar-refractivity contribution in [3.05, 3.63) is 72.8 Å². The van der Waals surface area contributed by atoms with E-state index in [1.54, 1.807) is 0 Å². The molecule has 27 heavy (non-hydrogen) atoms. The van der Waals surface area contributed by atoms with Crippen LogP contribution in [0.15, 0.2) is 61.7 Å². The Morgan fingerprint density at radius 2 is 0.889 bits per heavy atom. The van der Waals surface area contributed by atoms with Crippen LogP contribution in [0.3, 0.4) is 0 Å². The van der Waals surface area contributed by atoms with Gasteiger partial charge in [0, 0.05) is 0 Å². The molecule has 0 bridgehead atoms. The molecule has 0 heterocycles. The summed E-state index contributed by atoms with van der Waals surface area (Å²) >= 11 is 0. The number of hydrogen-bond acceptors (Lipinski definition) is 2. The minimum atomic E-state index is -2.30. The predicted molar refractivity (Wildman–Crippen MR) is 127 cm³/mol. The zero-order valence-corrected chi connectivity index (χ0v) is 20.5. The van der Waals surface area contributed by atoms with Gasteiger partial charge in [-0.05, 0) is 60.8 Å². The van der Waals surface area contributed by atoms with Crippen molar-refractivity contribution < 1.29 is 8.23 Å². The third kappa shape index (κ3) is 5.73. The van der Waals surface area contributed by atoms with Gasteiger partial charge in [-0.3, -0.25) is 0 Å². The largest absolute Gasteiger partial charge is 0.433 e. The first-order chi connectivity index (χ1) is 12.5. The van der Waals surface area contributed by atoms with E-state index in [1.807, 2.05) is 12.2 Å². The molecule has 0 fully saturated rings. The molecule has 0 N–H and O–H groups in total. The van der Waals surface area contributed by atoms with E-state index in [4.69, 9.17) is 8.23 Å². The molecule has 0 aliphatic rings. The molecule has 144 valence electrons. The first-order valence-electron chi connectivity index (χ1n) is 9.35. The lowest BCUT2D eigenvalue weighted by Gasteiger charge is -2.39. The fourth-order valence-corrected chi connectivity index (χ4v) is 16.7. The van der Waals surface area contributed by atoms with Crippen molar-refractivity contribution >= 4 is 47.7 Å². The van der Waals surface area contributed by atoms with Crippen LogP contribution < -0.4 is 10.4 Å². The van der Waals surface area contributed by atoms with Crippen LogP contribution in [0.5, 0.6) is 0 Å². The van der Waals surface area contributed by atoms with Crippen molar-refractivity contribution in [3.63, 3.8) is 0 Å². The topological polar surface area (TPSA) is 18.5 Å². The van der Waals surface area contributed by atoms with Gasteiger partial charge in [-0.15, -0.1) is 0 Å². The summed E-state index contributed by atoms with van der Waals surface area (Å²) in [4.78, 5) is 0. The first kappa shape index (κ1) is 21.8. The lowest BCUT2D eigenvalue weighted by atomic mass is 10.2. The lowest BCUT2D eigenvalue weighted by Crippen LogP contribution is -2.59. The van der Waals surface area contributed by atoms with Crippen molar-refractivity contribution in [2.24, 2.45) is 0 Å². The van der Waals surface area contributed by atoms with E-state index in [0.29, 0.717) is 0 Å². The maximum atomic E-state index is 6.74. The molecule has 0 spiro atoms. The van der Waals surface area contributed by atoms with Gasteiger partial charge in [-0.25, -0.2) is 0 Å². The van der Waals surface area contributed by atoms with E-state index in [-0.39, 0.29) is 0 Å². The molecule has 0 aromatic heterocycles. The smallest absolute Gasteiger partial charge is 0.311 e. The highest BCUT2D eigenvalue weighted by Gasteiger charge is 2.41. The Morgan fingerprint density at radius 1 is 0.593 bits per heavy atom. The van der Waals surface area contributed by atoms with Crippen molar-refractivity contribution in [2.75, 3.05) is 0 Å². The summed E-state index contributed by atoms with van der Waals surface area (Å²) in [6.45, 7) is 21.0. The van der Waals surface area contributed by atoms with Gasteiger partial charge in [0.05, 0.1) is 0 Å². The Bertz CT molecular complexity index is 724. The van der Waals surface area contributed by atoms with Gasteiger partial charge in [0.1, 0.15) is 0 Å². The Labute approximate surface area is 168 Å². The normalized spacial score (nSPS) is 12.7. The Balaban J connectivity index is 2.17. The maximum Gasteiger partial charge on any atom is 0.311 e. The number of benzene rings is 2. The fourth-order valence-electron chi connectivity index (χ4n) is 3.41. The maximum absolute atomic E-state index is 6.74. The zero-order valence-electron chi connectivity index (χ0n) is 17.5. The third-order valence-corrected chi connectivity index (χ3v) is 16.1. The summed E-state index contributed by atoms with van der Waals surface area (Å²) in [7, 11) is -6.41. The summed E-state index contributed by atoms with van der Waals surface area (Å²) < 4.78 is 13.5. The van der Waals surface area contributed by atoms with Gasteiger partial charge < -0.3 is 8.23 Å². The van der Waals surface area contributed by atoms with E-state index >= 15 is 0 Å². The Kier molecular flexibility index (Phi) is 6.65. The van der Waals surface area contributed by atoms with Crippen molar-refractivity contribution in [1.29, 1.82) is 0 Å². The minimum Gasteiger partial charge on any atom is -0.433 e. The molecule has 2 aromatic carbocycles. The average molecular weight is 413 g/mol. The molecule has 2 aromatic rings. The third-order valence-electron chi connectivity index (χ3n) is 4.69. The van der Waals surface area contributed by atoms with Gasteiger partial charge in [0.25, 0.3) is 0 Å². The summed E-state index contributed by atoms with van der Waals surface area (Å²) in [6, 6.07) is 17.1. The van der Waals surface area contributed by atoms with Crippen molar-refractivity contribution in [1.82, 2.24) is 0 Å². The molecule has 0 aliphatic heterocycles. The van der Waals surface area contributed by atoms with Gasteiger partial charge in [-0.1, -0.05) is 73.8 Å². The molecule has 0 radical (unpaired) electrons. The molecule has 0 atom stereocenters. The molecule has 0 amide bonds. The quantitative estimate of drug-likeness (QED) is 0.553. The van der Waals surface area contributed by atoms with E-state index in [1.165, 1.54) is 10.4 Å². The SMILES string of the molecule is C=Cc1ccc([Si](C)(C)O[Si](C)(C)O[Si](C)(C)c2ccc(C=C)cc2)cc1. The fraction of sp³-hybridized carbons (Fsp3) is 0.273. The van der Waals surface area contributed by atoms with Crippen LogP contribution in [0.25, 0.3) is 12.2 Å². The highest BCUT2D eigenvalue weighted by atomic mass is 28.5. The first-order valence-corrected chi connectivity index (χ1v) is 18.0. The van der Waals surface area contributed by atoms with E-state index in [2.05, 4.69) is 101 Å². The van der Waals surface area contributed by atoms with Crippen LogP contribution in [0.1, 0.15) is 11.1 Å². The molecular weight excluding hydrogens is 380 g/mol. The molecule has 0 saturated heterocycles. The van der Waals surface area contributed by atoms with Crippen LogP contribution in [0.2, 0.25) is 39.3 Å². The highest BCUT2D eigenvalue weighted by Crippen LogP contribution is 2.21. The van der Waals surface area contributed by atoms with Crippen LogP contribution in [0, 0.1) is 0 Å². The Hall–Kier alpha value is -1.51. The van der Waals surface area contributed by atoms with Crippen LogP contribution in [-0.4, -0.2) is 25.2 Å². The standard InChI is InChI=1S/C22H32O2Si3/c1-9-19-11-15-21(16-12-19)25(3,4)23-27(7,8)24-26(5,6)22-17-13-20(10-2)14-18-22/h9-18H,1-2H2,3-8H3. The molecule has 5 heteroatoms. The monoisotopic (exact) mass is 412 g/mol. The second-order valence-electron chi connectivity index (χ2n) is 8.28. The average Bonchev–Trinajstić information content (AvgIpc) is 2.60. The predicted octanol–water partition coefficient (Wildman–Crippen LogP) is 5.23. The second kappa shape index (κ2) is 8.24. The molecule has 0 saturated carbocycles. The minimum absolute atomic E-state index is 1.13. The molecular formula is C22H32O2Si3. The zero-order chi connectivity index (χ0) is 20.3. The molecule has 2 nitrogen and oxygen atoms in total. The second-order valence-corrected chi connectivity index (χ2v) is 19.9. The highest BCUT2D eigenvalue weighted by molar-refractivity contribution is 6.95. The van der Waals surface area contributed by atoms with Crippen molar-refractivity contribution in [3.8, 4) is 0 Å². The molecule has 0 aliphatic carbocycles. The van der Waals surface area contributed by atoms with Crippen molar-refractivity contribution in [2.45, 2.75) is 39.3 Å². The van der Waals surface area contributed by atoms with Crippen LogP contribution in [-0.2, 0) is 8.23 Å². The Morgan fingerprint density at radius 3 is 1.15 bits per heavy atom. The summed E-state index contributed by atoms with van der Waals surface area (Å²) in [6.07, 6.45) is 3.74. The van der Waals surface area contributed by atoms with Gasteiger partial charge in [-0.2, -0.15) is 0 Å². The lowest BCUT2D eigenvalue weighted by molar-refractivity contribution is 0.401. The number of hydrogen-bond donors (Lipinski definition) is 0. The summed E-state index contributed by atoms with van der Waals surface area (Å²) in [5.74, 6) is 0. The summed E-state index contributed by atoms with van der Waals surface area (Å²) in [5.41, 5.74) is 2.26. The van der Waals surface area contributed by atoms with E-state index in [9.17, 15) is 0 Å². The van der Waals surface area contributed by atoms with E-state index < -0.39 is 25.2 Å². The van der Waals surface area contributed by atoms with Gasteiger partial charge in [0.2, 0.25) is 16.6 Å². The van der Waals surface area contributed by atoms with Crippen LogP contribution >= 0.6 is 0 Å². The van der Waals surface area contributed by atoms with Gasteiger partial charge >= 0.3 is 8.56 Å². The molecule has 0 unspecified atom stereocenters. The van der Waals surface area contributed by atoms with Crippen LogP contribution in [0.4, 0.5) is 0 Å².